The molecule has 0 saturated heterocycles. The van der Waals surface area contributed by atoms with Gasteiger partial charge in [-0.15, -0.1) is 0 Å². The van der Waals surface area contributed by atoms with Crippen molar-refractivity contribution in [3.8, 4) is 0 Å². The largest absolute Gasteiger partial charge is 0.383 e. The Morgan fingerprint density at radius 3 is 2.63 bits per heavy atom. The first-order valence-corrected chi connectivity index (χ1v) is 7.18. The van der Waals surface area contributed by atoms with Crippen LogP contribution in [0, 0.1) is 0 Å². The van der Waals surface area contributed by atoms with Crippen LogP contribution in [0.1, 0.15) is 44.9 Å². The maximum Gasteiger partial charge on any atom is 0.0709 e. The number of nitrogens with zero attached hydrogens (tertiary/aromatic N) is 2. The van der Waals surface area contributed by atoms with Crippen molar-refractivity contribution in [2.75, 3.05) is 26.8 Å². The van der Waals surface area contributed by atoms with Crippen molar-refractivity contribution in [1.82, 2.24) is 15.1 Å². The second kappa shape index (κ2) is 7.65. The summed E-state index contributed by atoms with van der Waals surface area (Å²) >= 11 is 0. The second-order valence-corrected chi connectivity index (χ2v) is 6.13. The van der Waals surface area contributed by atoms with Crippen molar-refractivity contribution in [2.24, 2.45) is 7.05 Å². The van der Waals surface area contributed by atoms with Gasteiger partial charge in [0.25, 0.3) is 0 Å². The van der Waals surface area contributed by atoms with Gasteiger partial charge in [0, 0.05) is 32.3 Å². The maximum absolute atomic E-state index is 5.00. The predicted octanol–water partition coefficient (Wildman–Crippen LogP) is 2.28. The van der Waals surface area contributed by atoms with E-state index in [0.29, 0.717) is 0 Å². The molecule has 4 heteroatoms. The van der Waals surface area contributed by atoms with Crippen LogP contribution in [-0.4, -0.2) is 36.6 Å². The maximum atomic E-state index is 5.00. The van der Waals surface area contributed by atoms with E-state index in [1.54, 1.807) is 7.11 Å². The summed E-state index contributed by atoms with van der Waals surface area (Å²) in [5, 5.41) is 7.98. The lowest BCUT2D eigenvalue weighted by Crippen LogP contribution is -2.20. The smallest absolute Gasteiger partial charge is 0.0709 e. The third-order valence-corrected chi connectivity index (χ3v) is 3.15. The van der Waals surface area contributed by atoms with Crippen molar-refractivity contribution in [3.63, 3.8) is 0 Å². The summed E-state index contributed by atoms with van der Waals surface area (Å²) in [5.74, 6) is 0. The Balaban J connectivity index is 2.33. The van der Waals surface area contributed by atoms with Gasteiger partial charge in [0.2, 0.25) is 0 Å². The van der Waals surface area contributed by atoms with Crippen molar-refractivity contribution >= 4 is 0 Å². The fourth-order valence-corrected chi connectivity index (χ4v) is 2.22. The van der Waals surface area contributed by atoms with Crippen LogP contribution in [0.25, 0.3) is 0 Å². The van der Waals surface area contributed by atoms with E-state index in [2.05, 4.69) is 37.4 Å². The molecule has 4 nitrogen and oxygen atoms in total. The normalized spacial score (nSPS) is 12.1. The zero-order valence-electron chi connectivity index (χ0n) is 13.1. The monoisotopic (exact) mass is 267 g/mol. The third kappa shape index (κ3) is 5.74. The summed E-state index contributed by atoms with van der Waals surface area (Å²) in [7, 11) is 3.74. The fourth-order valence-electron chi connectivity index (χ4n) is 2.22. The van der Waals surface area contributed by atoms with Crippen LogP contribution >= 0.6 is 0 Å². The molecule has 110 valence electrons. The Labute approximate surface area is 117 Å². The Morgan fingerprint density at radius 1 is 1.26 bits per heavy atom. The molecular formula is C15H29N3O. The van der Waals surface area contributed by atoms with Gasteiger partial charge in [0.05, 0.1) is 12.3 Å². The minimum absolute atomic E-state index is 0.132. The summed E-state index contributed by atoms with van der Waals surface area (Å²) < 4.78 is 6.94. The van der Waals surface area contributed by atoms with Crippen LogP contribution in [0.2, 0.25) is 0 Å². The average Bonchev–Trinajstić information content (AvgIpc) is 2.69. The lowest BCUT2D eigenvalue weighted by molar-refractivity contribution is 0.199. The van der Waals surface area contributed by atoms with Gasteiger partial charge >= 0.3 is 0 Å². The van der Waals surface area contributed by atoms with E-state index in [4.69, 9.17) is 4.74 Å². The highest BCUT2D eigenvalue weighted by molar-refractivity contribution is 5.24. The highest BCUT2D eigenvalue weighted by atomic mass is 16.5. The summed E-state index contributed by atoms with van der Waals surface area (Å²) in [4.78, 5) is 0. The molecule has 0 unspecified atom stereocenters. The second-order valence-electron chi connectivity index (χ2n) is 6.13. The molecule has 0 aromatic carbocycles. The van der Waals surface area contributed by atoms with Crippen molar-refractivity contribution in [1.29, 1.82) is 0 Å². The molecule has 1 aromatic heterocycles. The fraction of sp³-hybridized carbons (Fsp3) is 0.800. The van der Waals surface area contributed by atoms with Crippen LogP contribution < -0.4 is 5.32 Å². The molecule has 19 heavy (non-hydrogen) atoms. The van der Waals surface area contributed by atoms with Crippen molar-refractivity contribution < 1.29 is 4.74 Å². The zero-order valence-corrected chi connectivity index (χ0v) is 13.1. The number of ether oxygens (including phenoxy) is 1. The summed E-state index contributed by atoms with van der Waals surface area (Å²) in [6.07, 6.45) is 5.68. The van der Waals surface area contributed by atoms with Gasteiger partial charge in [-0.1, -0.05) is 20.8 Å². The number of rotatable bonds is 8. The highest BCUT2D eigenvalue weighted by Crippen LogP contribution is 2.25. The van der Waals surface area contributed by atoms with Gasteiger partial charge in [-0.25, -0.2) is 0 Å². The molecule has 0 radical (unpaired) electrons. The first-order chi connectivity index (χ1) is 8.95. The van der Waals surface area contributed by atoms with Gasteiger partial charge in [-0.05, 0) is 31.4 Å². The molecule has 1 N–H and O–H groups in total. The molecule has 0 bridgehead atoms. The van der Waals surface area contributed by atoms with Crippen LogP contribution in [-0.2, 0) is 23.6 Å². The lowest BCUT2D eigenvalue weighted by atomic mass is 9.88. The Bertz CT molecular complexity index is 366. The topological polar surface area (TPSA) is 39.1 Å². The zero-order chi connectivity index (χ0) is 14.3. The van der Waals surface area contributed by atoms with Gasteiger partial charge in [-0.3, -0.25) is 4.68 Å². The van der Waals surface area contributed by atoms with E-state index < -0.39 is 0 Å². The molecule has 0 saturated carbocycles. The van der Waals surface area contributed by atoms with E-state index >= 15 is 0 Å². The average molecular weight is 267 g/mol. The first-order valence-electron chi connectivity index (χ1n) is 7.18. The highest BCUT2D eigenvalue weighted by Gasteiger charge is 2.21. The first kappa shape index (κ1) is 16.2. The third-order valence-electron chi connectivity index (χ3n) is 3.15. The molecule has 1 rings (SSSR count). The van der Waals surface area contributed by atoms with Gasteiger partial charge < -0.3 is 10.1 Å². The molecule has 0 amide bonds. The number of nitrogens with one attached hydrogen (secondary N) is 1. The summed E-state index contributed by atoms with van der Waals surface area (Å²) in [6, 6.07) is 0. The predicted molar refractivity (Wildman–Crippen MR) is 79.6 cm³/mol. The molecule has 1 heterocycles. The molecule has 0 aliphatic heterocycles. The standard InChI is InChI=1S/C15H29N3O/c1-15(2,3)14-13(12-18(4)17-14)8-6-7-9-16-10-11-19-5/h12,16H,6-11H2,1-5H3. The summed E-state index contributed by atoms with van der Waals surface area (Å²) in [5.41, 5.74) is 2.77. The van der Waals surface area contributed by atoms with E-state index in [9.17, 15) is 0 Å². The van der Waals surface area contributed by atoms with E-state index in [-0.39, 0.29) is 5.41 Å². The Hall–Kier alpha value is -0.870. The SMILES string of the molecule is COCCNCCCCc1cn(C)nc1C(C)(C)C. The molecule has 0 fully saturated rings. The van der Waals surface area contributed by atoms with Gasteiger partial charge in [0.1, 0.15) is 0 Å². The molecule has 0 spiro atoms. The minimum atomic E-state index is 0.132. The van der Waals surface area contributed by atoms with Crippen LogP contribution in [0.4, 0.5) is 0 Å². The van der Waals surface area contributed by atoms with Crippen LogP contribution in [0.15, 0.2) is 6.20 Å². The van der Waals surface area contributed by atoms with Crippen molar-refractivity contribution in [2.45, 2.75) is 45.4 Å². The number of unbranched alkanes of at least 4 members (excludes halogenated alkanes) is 1. The molecule has 1 aromatic rings. The van der Waals surface area contributed by atoms with E-state index in [0.717, 1.165) is 26.1 Å². The van der Waals surface area contributed by atoms with Crippen LogP contribution in [0.3, 0.4) is 0 Å². The number of aryl methyl sites for hydroxylation is 2. The molecular weight excluding hydrogens is 238 g/mol. The van der Waals surface area contributed by atoms with Crippen LogP contribution in [0.5, 0.6) is 0 Å². The quantitative estimate of drug-likeness (QED) is 0.734. The van der Waals surface area contributed by atoms with E-state index in [1.807, 2.05) is 11.7 Å². The van der Waals surface area contributed by atoms with Gasteiger partial charge in [0.15, 0.2) is 0 Å². The number of aromatic nitrogens is 2. The van der Waals surface area contributed by atoms with E-state index in [1.165, 1.54) is 24.1 Å². The van der Waals surface area contributed by atoms with Gasteiger partial charge in [-0.2, -0.15) is 5.10 Å². The Morgan fingerprint density at radius 2 is 2.00 bits per heavy atom. The Kier molecular flexibility index (Phi) is 6.52. The molecule has 0 atom stereocenters. The summed E-state index contributed by atoms with van der Waals surface area (Å²) in [6.45, 7) is 9.48. The molecule has 0 aliphatic rings. The number of hydrogen-bond acceptors (Lipinski definition) is 3. The number of methoxy groups -OCH3 is 1. The van der Waals surface area contributed by atoms with Crippen molar-refractivity contribution in [3.05, 3.63) is 17.5 Å². The lowest BCUT2D eigenvalue weighted by Gasteiger charge is -2.17. The molecule has 0 aliphatic carbocycles. The minimum Gasteiger partial charge on any atom is -0.383 e. The number of hydrogen-bond donors (Lipinski definition) is 1.